The van der Waals surface area contributed by atoms with Gasteiger partial charge in [-0.05, 0) is 18.9 Å². The largest absolute Gasteiger partial charge is 0.394 e. The van der Waals surface area contributed by atoms with E-state index < -0.39 is 5.69 Å². The van der Waals surface area contributed by atoms with Crippen LogP contribution in [-0.4, -0.2) is 52.7 Å². The maximum Gasteiger partial charge on any atom is 0.351 e. The monoisotopic (exact) mass is 266 g/mol. The van der Waals surface area contributed by atoms with E-state index in [9.17, 15) is 4.79 Å². The number of aliphatic imine (C=N–C) groups is 1. The molecule has 2 atom stereocenters. The number of hydrogen-bond donors (Lipinski definition) is 1. The maximum atomic E-state index is 11.9. The van der Waals surface area contributed by atoms with Crippen LogP contribution in [-0.2, 0) is 4.74 Å². The molecule has 7 nitrogen and oxygen atoms in total. The number of nitrogens with zero attached hydrogens (tertiary/aromatic N) is 4. The van der Waals surface area contributed by atoms with Crippen molar-refractivity contribution in [1.82, 2.24) is 14.5 Å². The van der Waals surface area contributed by atoms with E-state index in [0.29, 0.717) is 12.2 Å². The molecule has 0 radical (unpaired) electrons. The minimum Gasteiger partial charge on any atom is -0.394 e. The molecule has 0 aromatic carbocycles. The normalized spacial score (nSPS) is 23.1. The van der Waals surface area contributed by atoms with Gasteiger partial charge in [0.05, 0.1) is 19.0 Å². The van der Waals surface area contributed by atoms with Gasteiger partial charge < -0.3 is 14.7 Å². The van der Waals surface area contributed by atoms with Gasteiger partial charge >= 0.3 is 5.69 Å². The summed E-state index contributed by atoms with van der Waals surface area (Å²) in [7, 11) is 3.68. The van der Waals surface area contributed by atoms with Crippen molar-refractivity contribution >= 4 is 12.2 Å². The van der Waals surface area contributed by atoms with Gasteiger partial charge in [0.2, 0.25) is 0 Å². The molecule has 1 aromatic rings. The van der Waals surface area contributed by atoms with Crippen LogP contribution in [0.4, 0.5) is 5.82 Å². The summed E-state index contributed by atoms with van der Waals surface area (Å²) in [6, 6.07) is 1.66. The molecule has 1 saturated heterocycles. The quantitative estimate of drug-likeness (QED) is 0.619. The smallest absolute Gasteiger partial charge is 0.351 e. The Balaban J connectivity index is 2.14. The number of ether oxygens (including phenoxy) is 1. The molecule has 19 heavy (non-hydrogen) atoms. The summed E-state index contributed by atoms with van der Waals surface area (Å²) in [5.74, 6) is 0.367. The highest BCUT2D eigenvalue weighted by molar-refractivity contribution is 5.58. The highest BCUT2D eigenvalue weighted by Crippen LogP contribution is 2.26. The van der Waals surface area contributed by atoms with Crippen LogP contribution in [0.1, 0.15) is 19.1 Å². The van der Waals surface area contributed by atoms with E-state index in [4.69, 9.17) is 9.84 Å². The Labute approximate surface area is 111 Å². The van der Waals surface area contributed by atoms with Crippen LogP contribution in [0.5, 0.6) is 0 Å². The molecule has 0 unspecified atom stereocenters. The third-order valence-corrected chi connectivity index (χ3v) is 2.84. The highest BCUT2D eigenvalue weighted by Gasteiger charge is 2.26. The van der Waals surface area contributed by atoms with Crippen molar-refractivity contribution in [3.8, 4) is 0 Å². The molecule has 2 rings (SSSR count). The summed E-state index contributed by atoms with van der Waals surface area (Å²) >= 11 is 0. The first-order valence-corrected chi connectivity index (χ1v) is 6.16. The van der Waals surface area contributed by atoms with Crippen LogP contribution in [0, 0.1) is 0 Å². The number of aliphatic hydroxyl groups excluding tert-OH is 1. The summed E-state index contributed by atoms with van der Waals surface area (Å²) in [6.07, 6.45) is 4.12. The maximum absolute atomic E-state index is 11.9. The Bertz CT molecular complexity index is 512. The number of hydrogen-bond acceptors (Lipinski definition) is 5. The lowest BCUT2D eigenvalue weighted by atomic mass is 10.2. The summed E-state index contributed by atoms with van der Waals surface area (Å²) in [5, 5.41) is 9.01. The fourth-order valence-corrected chi connectivity index (χ4v) is 1.90. The van der Waals surface area contributed by atoms with E-state index >= 15 is 0 Å². The lowest BCUT2D eigenvalue weighted by molar-refractivity contribution is -0.0245. The van der Waals surface area contributed by atoms with E-state index in [-0.39, 0.29) is 18.9 Å². The number of aliphatic hydroxyl groups is 1. The number of rotatable bonds is 4. The van der Waals surface area contributed by atoms with E-state index in [1.807, 2.05) is 14.1 Å². The second-order valence-corrected chi connectivity index (χ2v) is 4.66. The molecule has 7 heteroatoms. The molecular weight excluding hydrogens is 248 g/mol. The Morgan fingerprint density at radius 2 is 2.42 bits per heavy atom. The molecule has 2 heterocycles. The molecule has 0 bridgehead atoms. The third kappa shape index (κ3) is 3.39. The first-order chi connectivity index (χ1) is 9.10. The fourth-order valence-electron chi connectivity index (χ4n) is 1.90. The standard InChI is InChI=1S/C12H18N4O3/c1-15(2)8-13-10-5-6-16(12(18)14-10)11-4-3-9(7-17)19-11/h5-6,8-9,11,17H,3-4,7H2,1-2H3/b13-8+/t9-,11+/m0/s1. The molecular formula is C12H18N4O3. The number of aromatic nitrogens is 2. The van der Waals surface area contributed by atoms with E-state index in [1.54, 1.807) is 23.5 Å². The Hall–Kier alpha value is -1.73. The first-order valence-electron chi connectivity index (χ1n) is 6.16. The zero-order valence-corrected chi connectivity index (χ0v) is 11.1. The lowest BCUT2D eigenvalue weighted by Gasteiger charge is -2.14. The van der Waals surface area contributed by atoms with E-state index in [2.05, 4.69) is 9.98 Å². The molecule has 1 N–H and O–H groups in total. The highest BCUT2D eigenvalue weighted by atomic mass is 16.5. The summed E-state index contributed by atoms with van der Waals surface area (Å²) in [5.41, 5.74) is -0.392. The van der Waals surface area contributed by atoms with Crippen molar-refractivity contribution in [3.63, 3.8) is 0 Å². The molecule has 0 amide bonds. The zero-order chi connectivity index (χ0) is 13.8. The average molecular weight is 266 g/mol. The van der Waals surface area contributed by atoms with Gasteiger partial charge in [0.25, 0.3) is 0 Å². The van der Waals surface area contributed by atoms with Crippen LogP contribution >= 0.6 is 0 Å². The minimum absolute atomic E-state index is 0.0239. The predicted octanol–water partition coefficient (Wildman–Crippen LogP) is 0.135. The minimum atomic E-state index is -0.392. The molecule has 1 aromatic heterocycles. The van der Waals surface area contributed by atoms with Crippen LogP contribution in [0.15, 0.2) is 22.1 Å². The van der Waals surface area contributed by atoms with Gasteiger partial charge in [0.15, 0.2) is 5.82 Å². The second kappa shape index (κ2) is 5.94. The molecule has 1 fully saturated rings. The zero-order valence-electron chi connectivity index (χ0n) is 11.1. The summed E-state index contributed by atoms with van der Waals surface area (Å²) in [6.45, 7) is -0.0239. The molecule has 104 valence electrons. The first kappa shape index (κ1) is 13.7. The molecule has 0 aliphatic carbocycles. The van der Waals surface area contributed by atoms with Crippen LogP contribution in [0.3, 0.4) is 0 Å². The van der Waals surface area contributed by atoms with Gasteiger partial charge in [-0.1, -0.05) is 0 Å². The van der Waals surface area contributed by atoms with Crippen molar-refractivity contribution < 1.29 is 9.84 Å². The predicted molar refractivity (Wildman–Crippen MR) is 70.6 cm³/mol. The molecule has 0 saturated carbocycles. The molecule has 1 aliphatic heterocycles. The van der Waals surface area contributed by atoms with Gasteiger partial charge in [-0.2, -0.15) is 4.98 Å². The SMILES string of the molecule is CN(C)/C=N/c1ccn([C@H]2CC[C@@H](CO)O2)c(=O)n1. The van der Waals surface area contributed by atoms with E-state index in [1.165, 1.54) is 4.57 Å². The Morgan fingerprint density at radius 3 is 3.00 bits per heavy atom. The lowest BCUT2D eigenvalue weighted by Crippen LogP contribution is -2.27. The third-order valence-electron chi connectivity index (χ3n) is 2.84. The molecule has 0 spiro atoms. The van der Waals surface area contributed by atoms with Crippen LogP contribution in [0.25, 0.3) is 0 Å². The van der Waals surface area contributed by atoms with Crippen LogP contribution in [0.2, 0.25) is 0 Å². The van der Waals surface area contributed by atoms with Gasteiger partial charge in [-0.15, -0.1) is 0 Å². The van der Waals surface area contributed by atoms with Crippen molar-refractivity contribution in [1.29, 1.82) is 0 Å². The van der Waals surface area contributed by atoms with Crippen molar-refractivity contribution in [2.24, 2.45) is 4.99 Å². The van der Waals surface area contributed by atoms with Gasteiger partial charge in [-0.3, -0.25) is 4.57 Å². The van der Waals surface area contributed by atoms with Gasteiger partial charge in [0.1, 0.15) is 6.23 Å². The average Bonchev–Trinajstić information content (AvgIpc) is 2.85. The van der Waals surface area contributed by atoms with Gasteiger partial charge in [0, 0.05) is 20.3 Å². The van der Waals surface area contributed by atoms with Crippen molar-refractivity contribution in [3.05, 3.63) is 22.7 Å². The second-order valence-electron chi connectivity index (χ2n) is 4.66. The van der Waals surface area contributed by atoms with Crippen LogP contribution < -0.4 is 5.69 Å². The van der Waals surface area contributed by atoms with Crippen molar-refractivity contribution in [2.75, 3.05) is 20.7 Å². The van der Waals surface area contributed by atoms with E-state index in [0.717, 1.165) is 6.42 Å². The van der Waals surface area contributed by atoms with Gasteiger partial charge in [-0.25, -0.2) is 9.79 Å². The van der Waals surface area contributed by atoms with Crippen molar-refractivity contribution in [2.45, 2.75) is 25.2 Å². The Kier molecular flexibility index (Phi) is 4.28. The Morgan fingerprint density at radius 1 is 1.63 bits per heavy atom. The summed E-state index contributed by atoms with van der Waals surface area (Å²) in [4.78, 5) is 21.6. The summed E-state index contributed by atoms with van der Waals surface area (Å²) < 4.78 is 6.98. The fraction of sp³-hybridized carbons (Fsp3) is 0.583. The topological polar surface area (TPSA) is 80.0 Å². The molecule has 1 aliphatic rings.